The molecule has 20 heavy (non-hydrogen) atoms. The van der Waals surface area contributed by atoms with Crippen LogP contribution in [0.25, 0.3) is 0 Å². The van der Waals surface area contributed by atoms with Crippen LogP contribution in [0.15, 0.2) is 5.51 Å². The highest BCUT2D eigenvalue weighted by atomic mass is 32.1. The van der Waals surface area contributed by atoms with Crippen LogP contribution in [-0.2, 0) is 11.2 Å². The van der Waals surface area contributed by atoms with E-state index in [1.54, 1.807) is 11.3 Å². The molecular formula is C16H28N2OS. The summed E-state index contributed by atoms with van der Waals surface area (Å²) in [5, 5.41) is 3.71. The van der Waals surface area contributed by atoms with Crippen LogP contribution in [-0.4, -0.2) is 30.3 Å². The molecule has 114 valence electrons. The zero-order chi connectivity index (χ0) is 14.6. The molecule has 2 heterocycles. The van der Waals surface area contributed by atoms with E-state index in [0.717, 1.165) is 26.2 Å². The van der Waals surface area contributed by atoms with Crippen LogP contribution in [0, 0.1) is 12.3 Å². The normalized spacial score (nSPS) is 19.2. The number of hydrogen-bond donors (Lipinski definition) is 1. The Labute approximate surface area is 127 Å². The van der Waals surface area contributed by atoms with Gasteiger partial charge in [0.05, 0.1) is 11.2 Å². The number of ether oxygens (including phenoxy) is 1. The Morgan fingerprint density at radius 1 is 1.35 bits per heavy atom. The van der Waals surface area contributed by atoms with Crippen molar-refractivity contribution in [1.82, 2.24) is 10.3 Å². The SMILES string of the molecule is Cc1ncsc1CCC1(CNC(C)(C)C)CCOCC1. The van der Waals surface area contributed by atoms with Crippen molar-refractivity contribution in [2.45, 2.75) is 58.9 Å². The van der Waals surface area contributed by atoms with E-state index in [-0.39, 0.29) is 5.54 Å². The molecule has 1 aromatic rings. The number of nitrogens with one attached hydrogen (secondary N) is 1. The average Bonchev–Trinajstić information content (AvgIpc) is 2.80. The summed E-state index contributed by atoms with van der Waals surface area (Å²) >= 11 is 1.80. The molecule has 4 heteroatoms. The van der Waals surface area contributed by atoms with E-state index in [9.17, 15) is 0 Å². The largest absolute Gasteiger partial charge is 0.381 e. The van der Waals surface area contributed by atoms with E-state index >= 15 is 0 Å². The minimum Gasteiger partial charge on any atom is -0.381 e. The van der Waals surface area contributed by atoms with Gasteiger partial charge in [-0.25, -0.2) is 4.98 Å². The molecule has 0 aliphatic carbocycles. The molecule has 2 rings (SSSR count). The van der Waals surface area contributed by atoms with Gasteiger partial charge in [0, 0.05) is 30.2 Å². The summed E-state index contributed by atoms with van der Waals surface area (Å²) in [5.41, 5.74) is 3.75. The Bertz CT molecular complexity index is 416. The summed E-state index contributed by atoms with van der Waals surface area (Å²) in [7, 11) is 0. The second-order valence-electron chi connectivity index (χ2n) is 7.08. The predicted molar refractivity (Wildman–Crippen MR) is 85.4 cm³/mol. The molecule has 1 aromatic heterocycles. The first-order valence-corrected chi connectivity index (χ1v) is 8.50. The van der Waals surface area contributed by atoms with E-state index < -0.39 is 0 Å². The fraction of sp³-hybridized carbons (Fsp3) is 0.812. The highest BCUT2D eigenvalue weighted by Gasteiger charge is 2.33. The van der Waals surface area contributed by atoms with Crippen molar-refractivity contribution in [3.8, 4) is 0 Å². The van der Waals surface area contributed by atoms with Crippen LogP contribution in [0.3, 0.4) is 0 Å². The first-order valence-electron chi connectivity index (χ1n) is 7.62. The summed E-state index contributed by atoms with van der Waals surface area (Å²) in [4.78, 5) is 5.82. The summed E-state index contributed by atoms with van der Waals surface area (Å²) in [6.45, 7) is 11.8. The van der Waals surface area contributed by atoms with Gasteiger partial charge in [0.15, 0.2) is 0 Å². The van der Waals surface area contributed by atoms with Crippen LogP contribution in [0.2, 0.25) is 0 Å². The molecule has 1 aliphatic heterocycles. The van der Waals surface area contributed by atoms with E-state index in [2.05, 4.69) is 38.0 Å². The summed E-state index contributed by atoms with van der Waals surface area (Å²) in [5.74, 6) is 0. The van der Waals surface area contributed by atoms with Crippen molar-refractivity contribution in [3.63, 3.8) is 0 Å². The maximum absolute atomic E-state index is 5.58. The van der Waals surface area contributed by atoms with Gasteiger partial charge in [-0.05, 0) is 58.8 Å². The summed E-state index contributed by atoms with van der Waals surface area (Å²) < 4.78 is 5.58. The monoisotopic (exact) mass is 296 g/mol. The lowest BCUT2D eigenvalue weighted by Crippen LogP contribution is -2.46. The van der Waals surface area contributed by atoms with Gasteiger partial charge in [-0.2, -0.15) is 0 Å². The highest BCUT2D eigenvalue weighted by molar-refractivity contribution is 7.09. The third-order valence-corrected chi connectivity index (χ3v) is 5.27. The van der Waals surface area contributed by atoms with Gasteiger partial charge in [0.2, 0.25) is 0 Å². The van der Waals surface area contributed by atoms with Crippen LogP contribution >= 0.6 is 11.3 Å². The topological polar surface area (TPSA) is 34.2 Å². The van der Waals surface area contributed by atoms with Crippen molar-refractivity contribution in [2.24, 2.45) is 5.41 Å². The summed E-state index contributed by atoms with van der Waals surface area (Å²) in [6.07, 6.45) is 4.74. The lowest BCUT2D eigenvalue weighted by molar-refractivity contribution is 0.00782. The quantitative estimate of drug-likeness (QED) is 0.902. The van der Waals surface area contributed by atoms with Gasteiger partial charge in [-0.1, -0.05) is 0 Å². The maximum atomic E-state index is 5.58. The molecule has 1 aliphatic rings. The number of nitrogens with zero attached hydrogens (tertiary/aromatic N) is 1. The molecule has 3 nitrogen and oxygen atoms in total. The van der Waals surface area contributed by atoms with Crippen LogP contribution in [0.1, 0.15) is 50.6 Å². The second-order valence-corrected chi connectivity index (χ2v) is 8.02. The molecule has 0 unspecified atom stereocenters. The standard InChI is InChI=1S/C16H28N2OS/c1-13-14(20-12-17-13)5-6-16(7-9-19-10-8-16)11-18-15(2,3)4/h12,18H,5-11H2,1-4H3. The van der Waals surface area contributed by atoms with Gasteiger partial charge in [-0.15, -0.1) is 11.3 Å². The summed E-state index contributed by atoms with van der Waals surface area (Å²) in [6, 6.07) is 0. The zero-order valence-corrected chi connectivity index (χ0v) is 14.1. The second kappa shape index (κ2) is 6.54. The molecule has 0 atom stereocenters. The Morgan fingerprint density at radius 2 is 2.05 bits per heavy atom. The van der Waals surface area contributed by atoms with Crippen molar-refractivity contribution >= 4 is 11.3 Å². The van der Waals surface area contributed by atoms with Gasteiger partial charge in [0.1, 0.15) is 0 Å². The molecule has 1 saturated heterocycles. The number of rotatable bonds is 5. The van der Waals surface area contributed by atoms with Crippen LogP contribution in [0.5, 0.6) is 0 Å². The van der Waals surface area contributed by atoms with Gasteiger partial charge < -0.3 is 10.1 Å². The van der Waals surface area contributed by atoms with Gasteiger partial charge in [-0.3, -0.25) is 0 Å². The molecule has 0 amide bonds. The van der Waals surface area contributed by atoms with E-state index in [1.807, 2.05) is 5.51 Å². The number of thiazole rings is 1. The minimum absolute atomic E-state index is 0.186. The predicted octanol–water partition coefficient (Wildman–Crippen LogP) is 3.57. The minimum atomic E-state index is 0.186. The number of hydrogen-bond acceptors (Lipinski definition) is 4. The molecule has 1 fully saturated rings. The van der Waals surface area contributed by atoms with Crippen molar-refractivity contribution in [1.29, 1.82) is 0 Å². The number of aryl methyl sites for hydroxylation is 2. The molecule has 1 N–H and O–H groups in total. The van der Waals surface area contributed by atoms with Crippen LogP contribution in [0.4, 0.5) is 0 Å². The van der Waals surface area contributed by atoms with Crippen LogP contribution < -0.4 is 5.32 Å². The Balaban J connectivity index is 1.97. The fourth-order valence-electron chi connectivity index (χ4n) is 2.72. The first-order chi connectivity index (χ1) is 9.40. The fourth-order valence-corrected chi connectivity index (χ4v) is 3.50. The molecule has 0 aromatic carbocycles. The number of aromatic nitrogens is 1. The van der Waals surface area contributed by atoms with Gasteiger partial charge in [0.25, 0.3) is 0 Å². The molecule has 0 radical (unpaired) electrons. The van der Waals surface area contributed by atoms with E-state index in [4.69, 9.17) is 4.74 Å². The molecule has 0 spiro atoms. The Hall–Kier alpha value is -0.450. The third kappa shape index (κ3) is 4.54. The smallest absolute Gasteiger partial charge is 0.0797 e. The Kier molecular flexibility index (Phi) is 5.21. The molecule has 0 saturated carbocycles. The third-order valence-electron chi connectivity index (χ3n) is 4.27. The van der Waals surface area contributed by atoms with E-state index in [1.165, 1.54) is 29.8 Å². The average molecular weight is 296 g/mol. The molecule has 0 bridgehead atoms. The maximum Gasteiger partial charge on any atom is 0.0797 e. The highest BCUT2D eigenvalue weighted by Crippen LogP contribution is 2.36. The van der Waals surface area contributed by atoms with Gasteiger partial charge >= 0.3 is 0 Å². The zero-order valence-electron chi connectivity index (χ0n) is 13.3. The lowest BCUT2D eigenvalue weighted by Gasteiger charge is -2.39. The van der Waals surface area contributed by atoms with Crippen molar-refractivity contribution in [3.05, 3.63) is 16.1 Å². The van der Waals surface area contributed by atoms with Crippen molar-refractivity contribution in [2.75, 3.05) is 19.8 Å². The van der Waals surface area contributed by atoms with Crippen molar-refractivity contribution < 1.29 is 4.74 Å². The molecular weight excluding hydrogens is 268 g/mol. The lowest BCUT2D eigenvalue weighted by atomic mass is 9.75. The Morgan fingerprint density at radius 3 is 2.60 bits per heavy atom. The first kappa shape index (κ1) is 15.9. The van der Waals surface area contributed by atoms with E-state index in [0.29, 0.717) is 5.41 Å².